The monoisotopic (exact) mass is 598 g/mol. The fraction of sp³-hybridized carbons (Fsp3) is 0.103. The van der Waals surface area contributed by atoms with E-state index in [9.17, 15) is 26.3 Å². The van der Waals surface area contributed by atoms with Crippen molar-refractivity contribution in [1.29, 1.82) is 0 Å². The van der Waals surface area contributed by atoms with Gasteiger partial charge in [-0.2, -0.15) is 0 Å². The largest absolute Gasteiger partial charge is 0.207 e. The molecule has 41 heavy (non-hydrogen) atoms. The van der Waals surface area contributed by atoms with E-state index < -0.39 is 88.6 Å². The van der Waals surface area contributed by atoms with Crippen molar-refractivity contribution >= 4 is 35.5 Å². The topological polar surface area (TPSA) is 0 Å². The molecule has 0 spiro atoms. The zero-order chi connectivity index (χ0) is 29.8. The van der Waals surface area contributed by atoms with Crippen molar-refractivity contribution < 1.29 is 43.9 Å². The maximum Gasteiger partial charge on any atom is 0.200 e. The van der Waals surface area contributed by atoms with Crippen LogP contribution in [0.4, 0.5) is 43.9 Å². The van der Waals surface area contributed by atoms with Crippen LogP contribution in [0.25, 0.3) is 0 Å². The van der Waals surface area contributed by atoms with Crippen LogP contribution in [-0.4, -0.2) is 18.4 Å². The molecule has 4 aromatic carbocycles. The summed E-state index contributed by atoms with van der Waals surface area (Å²) in [6.45, 7) is -2.18. The molecule has 4 aromatic rings. The summed E-state index contributed by atoms with van der Waals surface area (Å²) in [6, 6.07) is 16.4. The van der Waals surface area contributed by atoms with E-state index in [1.165, 1.54) is 6.08 Å². The molecule has 0 nitrogen and oxygen atoms in total. The van der Waals surface area contributed by atoms with Gasteiger partial charge in [0.15, 0.2) is 34.9 Å². The summed E-state index contributed by atoms with van der Waals surface area (Å²) >= 11 is 0. The average molecular weight is 598 g/mol. The van der Waals surface area contributed by atoms with E-state index in [1.807, 2.05) is 0 Å². The van der Waals surface area contributed by atoms with Crippen molar-refractivity contribution in [3.05, 3.63) is 130 Å². The van der Waals surface area contributed by atoms with E-state index in [-0.39, 0.29) is 6.16 Å². The van der Waals surface area contributed by atoms with Gasteiger partial charge in [0.25, 0.3) is 0 Å². The summed E-state index contributed by atoms with van der Waals surface area (Å²) in [5, 5.41) is 1.07. The van der Waals surface area contributed by atoms with Gasteiger partial charge in [-0.25, -0.2) is 43.9 Å². The Hall–Kier alpha value is -3.59. The third kappa shape index (κ3) is 4.36. The van der Waals surface area contributed by atoms with Crippen LogP contribution in [0.15, 0.2) is 72.3 Å². The lowest BCUT2D eigenvalue weighted by Crippen LogP contribution is -2.59. The van der Waals surface area contributed by atoms with Crippen LogP contribution in [0.2, 0.25) is 0 Å². The first kappa shape index (κ1) is 28.9. The maximum absolute atomic E-state index is 15.5. The minimum absolute atomic E-state index is 0.153. The number of allylic oxidation sites excluding steroid dienone is 2. The Morgan fingerprint density at radius 3 is 1.17 bits per heavy atom. The van der Waals surface area contributed by atoms with Crippen LogP contribution >= 0.6 is 7.26 Å². The van der Waals surface area contributed by atoms with Crippen LogP contribution in [-0.2, 0) is 0 Å². The van der Waals surface area contributed by atoms with Gasteiger partial charge in [0, 0.05) is 0 Å². The molecule has 1 aliphatic rings. The first-order valence-corrected chi connectivity index (χ1v) is 14.4. The molecule has 1 heterocycles. The van der Waals surface area contributed by atoms with Crippen LogP contribution in [0, 0.1) is 58.2 Å². The molecule has 0 bridgehead atoms. The van der Waals surface area contributed by atoms with Crippen LogP contribution in [0.1, 0.15) is 6.92 Å². The second-order valence-electron chi connectivity index (χ2n) is 9.96. The molecule has 0 amide bonds. The predicted octanol–water partition coefficient (Wildman–Crippen LogP) is 5.96. The van der Waals surface area contributed by atoms with Crippen LogP contribution < -0.4 is 21.5 Å². The molecule has 0 N–H and O–H groups in total. The summed E-state index contributed by atoms with van der Waals surface area (Å²) in [7, 11) is -3.17. The number of benzene rings is 4. The van der Waals surface area contributed by atoms with E-state index in [1.54, 1.807) is 67.6 Å². The SMILES string of the molecule is CC1=C[C@@H]([BH-](c2c(F)c(F)c(F)c(F)c2F)c2c(F)c(F)c(F)c(F)c2F)[P+](c2ccccc2)(c2ccccc2)C1. The molecular weight excluding hydrogens is 580 g/mol. The highest BCUT2D eigenvalue weighted by Gasteiger charge is 2.54. The van der Waals surface area contributed by atoms with Gasteiger partial charge < -0.3 is 0 Å². The summed E-state index contributed by atoms with van der Waals surface area (Å²) in [5.74, 6) is -24.3. The fourth-order valence-electron chi connectivity index (χ4n) is 6.12. The van der Waals surface area contributed by atoms with E-state index in [0.717, 1.165) is 0 Å². The molecule has 0 aliphatic carbocycles. The number of hydrogen-bond donors (Lipinski definition) is 0. The first-order chi connectivity index (χ1) is 19.4. The predicted molar refractivity (Wildman–Crippen MR) is 140 cm³/mol. The molecule has 212 valence electrons. The van der Waals surface area contributed by atoms with Gasteiger partial charge in [-0.05, 0) is 42.3 Å². The molecule has 0 unspecified atom stereocenters. The summed E-state index contributed by atoms with van der Waals surface area (Å²) in [6.07, 6.45) is 1.55. The van der Waals surface area contributed by atoms with Gasteiger partial charge in [-0.3, -0.25) is 0 Å². The molecule has 0 radical (unpaired) electrons. The second-order valence-corrected chi connectivity index (χ2v) is 13.7. The number of hydrogen-bond acceptors (Lipinski definition) is 0. The Labute approximate surface area is 228 Å². The van der Waals surface area contributed by atoms with Gasteiger partial charge in [0.1, 0.15) is 30.0 Å². The highest BCUT2D eigenvalue weighted by molar-refractivity contribution is 7.92. The van der Waals surface area contributed by atoms with E-state index in [4.69, 9.17) is 0 Å². The smallest absolute Gasteiger partial charge is 0.200 e. The van der Waals surface area contributed by atoms with Gasteiger partial charge in [0.2, 0.25) is 0 Å². The summed E-state index contributed by atoms with van der Waals surface area (Å²) in [4.78, 5) is 0. The zero-order valence-corrected chi connectivity index (χ0v) is 22.0. The van der Waals surface area contributed by atoms with Crippen molar-refractivity contribution in [1.82, 2.24) is 0 Å². The lowest BCUT2D eigenvalue weighted by Gasteiger charge is -2.40. The third-order valence-corrected chi connectivity index (χ3v) is 12.8. The highest BCUT2D eigenvalue weighted by atomic mass is 31.2. The number of halogens is 10. The molecule has 0 saturated heterocycles. The second kappa shape index (κ2) is 10.7. The highest BCUT2D eigenvalue weighted by Crippen LogP contribution is 2.66. The van der Waals surface area contributed by atoms with Crippen molar-refractivity contribution in [2.45, 2.75) is 12.5 Å². The molecular formula is C29H18BF10P. The lowest BCUT2D eigenvalue weighted by atomic mass is 9.37. The normalized spacial score (nSPS) is 16.4. The van der Waals surface area contributed by atoms with E-state index in [2.05, 4.69) is 0 Å². The van der Waals surface area contributed by atoms with Gasteiger partial charge >= 0.3 is 0 Å². The van der Waals surface area contributed by atoms with Crippen LogP contribution in [0.3, 0.4) is 0 Å². The van der Waals surface area contributed by atoms with E-state index in [0.29, 0.717) is 16.2 Å². The Kier molecular flexibility index (Phi) is 7.53. The van der Waals surface area contributed by atoms with Crippen molar-refractivity contribution in [2.75, 3.05) is 6.16 Å². The standard InChI is InChI=1S/C29H18BF10P/c1-14-12-17(41(13-14,15-8-4-2-5-9-15)16-10-6-3-7-11-16)30(18-20(31)24(35)28(39)25(36)21(18)32)19-22(33)26(37)29(40)27(38)23(19)34/h2-12,17,30H,13H2,1H3/t17-/m0/s1. The fourth-order valence-corrected chi connectivity index (χ4v) is 11.6. The Balaban J connectivity index is 1.98. The third-order valence-electron chi connectivity index (χ3n) is 7.76. The van der Waals surface area contributed by atoms with Crippen molar-refractivity contribution in [2.24, 2.45) is 0 Å². The summed E-state index contributed by atoms with van der Waals surface area (Å²) in [5.41, 5.74) is -4.09. The minimum Gasteiger partial charge on any atom is -0.207 e. The van der Waals surface area contributed by atoms with Gasteiger partial charge in [-0.15, -0.1) is 10.9 Å². The quantitative estimate of drug-likeness (QED) is 0.0666. The first-order valence-electron chi connectivity index (χ1n) is 12.3. The zero-order valence-electron chi connectivity index (χ0n) is 21.1. The van der Waals surface area contributed by atoms with E-state index >= 15 is 17.6 Å². The molecule has 12 heteroatoms. The minimum atomic E-state index is -3.79. The van der Waals surface area contributed by atoms with Gasteiger partial charge in [-0.1, -0.05) is 42.5 Å². The molecule has 0 aromatic heterocycles. The molecule has 5 rings (SSSR count). The molecule has 1 atom stereocenters. The Morgan fingerprint density at radius 2 is 0.829 bits per heavy atom. The summed E-state index contributed by atoms with van der Waals surface area (Å²) < 4.78 is 148. The molecule has 1 aliphatic heterocycles. The average Bonchev–Trinajstić information content (AvgIpc) is 3.34. The Bertz CT molecular complexity index is 1520. The molecule has 0 saturated carbocycles. The van der Waals surface area contributed by atoms with Gasteiger partial charge in [0.05, 0.1) is 24.0 Å². The Morgan fingerprint density at radius 1 is 0.512 bits per heavy atom. The maximum atomic E-state index is 15.5. The molecule has 0 fully saturated rings. The van der Waals surface area contributed by atoms with Crippen molar-refractivity contribution in [3.8, 4) is 0 Å². The van der Waals surface area contributed by atoms with Crippen molar-refractivity contribution in [3.63, 3.8) is 0 Å². The van der Waals surface area contributed by atoms with Crippen LogP contribution in [0.5, 0.6) is 0 Å². The lowest BCUT2D eigenvalue weighted by molar-refractivity contribution is 0.382. The number of rotatable bonds is 5.